The lowest BCUT2D eigenvalue weighted by Gasteiger charge is -2.19. The molecule has 1 atom stereocenters. The van der Waals surface area contributed by atoms with Crippen molar-refractivity contribution in [1.29, 1.82) is 0 Å². The van der Waals surface area contributed by atoms with Crippen molar-refractivity contribution in [2.75, 3.05) is 12.4 Å². The molecule has 0 spiro atoms. The molecule has 2 aromatic carbocycles. The molecule has 0 aromatic heterocycles. The standard InChI is InChI=1S/C16H16FNO3/c1-10-7-8-11(17)9-12(10)15(16(19)20)18-13-5-3-4-6-14(13)21-2/h3-9,15,18H,1-2H3,(H,19,20). The van der Waals surface area contributed by atoms with Gasteiger partial charge in [-0.25, -0.2) is 9.18 Å². The minimum absolute atomic E-state index is 0.383. The van der Waals surface area contributed by atoms with Crippen LogP contribution in [0.1, 0.15) is 17.2 Å². The zero-order valence-electron chi connectivity index (χ0n) is 11.8. The van der Waals surface area contributed by atoms with Crippen LogP contribution in [-0.2, 0) is 4.79 Å². The van der Waals surface area contributed by atoms with Crippen molar-refractivity contribution in [2.45, 2.75) is 13.0 Å². The first-order valence-electron chi connectivity index (χ1n) is 6.41. The molecule has 110 valence electrons. The summed E-state index contributed by atoms with van der Waals surface area (Å²) >= 11 is 0. The molecule has 1 unspecified atom stereocenters. The molecule has 0 heterocycles. The van der Waals surface area contributed by atoms with Gasteiger partial charge in [0.25, 0.3) is 0 Å². The number of aliphatic carboxylic acids is 1. The van der Waals surface area contributed by atoms with Crippen molar-refractivity contribution in [3.8, 4) is 5.75 Å². The molecule has 21 heavy (non-hydrogen) atoms. The number of nitrogens with one attached hydrogen (secondary N) is 1. The maximum absolute atomic E-state index is 13.4. The van der Waals surface area contributed by atoms with E-state index < -0.39 is 17.8 Å². The van der Waals surface area contributed by atoms with E-state index >= 15 is 0 Å². The predicted octanol–water partition coefficient (Wildman–Crippen LogP) is 3.38. The van der Waals surface area contributed by atoms with Gasteiger partial charge in [-0.05, 0) is 42.3 Å². The second-order valence-corrected chi connectivity index (χ2v) is 4.62. The summed E-state index contributed by atoms with van der Waals surface area (Å²) in [6.07, 6.45) is 0. The van der Waals surface area contributed by atoms with Crippen LogP contribution in [0, 0.1) is 12.7 Å². The average Bonchev–Trinajstić information content (AvgIpc) is 2.47. The van der Waals surface area contributed by atoms with Crippen LogP contribution in [0.25, 0.3) is 0 Å². The Kier molecular flexibility index (Phi) is 4.42. The summed E-state index contributed by atoms with van der Waals surface area (Å²) in [5, 5.41) is 12.3. The Morgan fingerprint density at radius 1 is 1.29 bits per heavy atom. The first kappa shape index (κ1) is 14.8. The van der Waals surface area contributed by atoms with Gasteiger partial charge in [0.05, 0.1) is 12.8 Å². The van der Waals surface area contributed by atoms with Gasteiger partial charge in [0.1, 0.15) is 11.6 Å². The molecule has 2 aromatic rings. The number of carboxylic acid groups (broad SMARTS) is 1. The summed E-state index contributed by atoms with van der Waals surface area (Å²) in [5.74, 6) is -1.03. The van der Waals surface area contributed by atoms with E-state index in [1.165, 1.54) is 19.2 Å². The number of carboxylic acids is 1. The summed E-state index contributed by atoms with van der Waals surface area (Å²) in [7, 11) is 1.50. The number of anilines is 1. The van der Waals surface area contributed by atoms with E-state index in [4.69, 9.17) is 4.74 Å². The highest BCUT2D eigenvalue weighted by Crippen LogP contribution is 2.29. The molecule has 0 saturated heterocycles. The Balaban J connectivity index is 2.40. The summed E-state index contributed by atoms with van der Waals surface area (Å²) < 4.78 is 18.6. The molecular weight excluding hydrogens is 273 g/mol. The van der Waals surface area contributed by atoms with E-state index in [1.54, 1.807) is 37.3 Å². The number of hydrogen-bond acceptors (Lipinski definition) is 3. The van der Waals surface area contributed by atoms with E-state index in [-0.39, 0.29) is 0 Å². The topological polar surface area (TPSA) is 58.6 Å². The lowest BCUT2D eigenvalue weighted by atomic mass is 10.0. The lowest BCUT2D eigenvalue weighted by molar-refractivity contribution is -0.138. The van der Waals surface area contributed by atoms with Gasteiger partial charge in [0, 0.05) is 0 Å². The number of benzene rings is 2. The van der Waals surface area contributed by atoms with Crippen molar-refractivity contribution in [3.63, 3.8) is 0 Å². The number of halogens is 1. The summed E-state index contributed by atoms with van der Waals surface area (Å²) in [4.78, 5) is 11.5. The number of hydrogen-bond donors (Lipinski definition) is 2. The van der Waals surface area contributed by atoms with E-state index in [1.807, 2.05) is 0 Å². The summed E-state index contributed by atoms with van der Waals surface area (Å²) in [6, 6.07) is 10.0. The maximum Gasteiger partial charge on any atom is 0.330 e. The molecule has 2 rings (SSSR count). The quantitative estimate of drug-likeness (QED) is 0.886. The van der Waals surface area contributed by atoms with Crippen molar-refractivity contribution < 1.29 is 19.0 Å². The average molecular weight is 289 g/mol. The van der Waals surface area contributed by atoms with Crippen LogP contribution in [0.15, 0.2) is 42.5 Å². The van der Waals surface area contributed by atoms with Crippen molar-refractivity contribution in [3.05, 3.63) is 59.4 Å². The second-order valence-electron chi connectivity index (χ2n) is 4.62. The minimum atomic E-state index is -1.09. The largest absolute Gasteiger partial charge is 0.495 e. The van der Waals surface area contributed by atoms with Crippen LogP contribution in [0.4, 0.5) is 10.1 Å². The molecule has 4 nitrogen and oxygen atoms in total. The highest BCUT2D eigenvalue weighted by Gasteiger charge is 2.23. The van der Waals surface area contributed by atoms with Gasteiger partial charge in [-0.2, -0.15) is 0 Å². The van der Waals surface area contributed by atoms with Gasteiger partial charge in [0.15, 0.2) is 6.04 Å². The Hall–Kier alpha value is -2.56. The fraction of sp³-hybridized carbons (Fsp3) is 0.188. The SMILES string of the molecule is COc1ccccc1NC(C(=O)O)c1cc(F)ccc1C. The first-order chi connectivity index (χ1) is 10.0. The van der Waals surface area contributed by atoms with Crippen LogP contribution < -0.4 is 10.1 Å². The third kappa shape index (κ3) is 3.31. The Morgan fingerprint density at radius 3 is 2.67 bits per heavy atom. The molecule has 0 bridgehead atoms. The molecule has 0 radical (unpaired) electrons. The van der Waals surface area contributed by atoms with Crippen molar-refractivity contribution in [2.24, 2.45) is 0 Å². The number of methoxy groups -OCH3 is 1. The minimum Gasteiger partial charge on any atom is -0.495 e. The van der Waals surface area contributed by atoms with E-state index in [0.717, 1.165) is 0 Å². The lowest BCUT2D eigenvalue weighted by Crippen LogP contribution is -2.22. The molecule has 0 aliphatic carbocycles. The number of aryl methyl sites for hydroxylation is 1. The molecule has 2 N–H and O–H groups in total. The molecule has 0 fully saturated rings. The van der Waals surface area contributed by atoms with Crippen LogP contribution in [-0.4, -0.2) is 18.2 Å². The van der Waals surface area contributed by atoms with Gasteiger partial charge >= 0.3 is 5.97 Å². The van der Waals surface area contributed by atoms with Gasteiger partial charge in [0.2, 0.25) is 0 Å². The Bertz CT molecular complexity index is 658. The number of ether oxygens (including phenoxy) is 1. The molecule has 5 heteroatoms. The van der Waals surface area contributed by atoms with Gasteiger partial charge in [-0.15, -0.1) is 0 Å². The normalized spacial score (nSPS) is 11.8. The molecular formula is C16H16FNO3. The third-order valence-electron chi connectivity index (χ3n) is 3.21. The highest BCUT2D eigenvalue weighted by atomic mass is 19.1. The summed E-state index contributed by atoms with van der Waals surface area (Å²) in [6.45, 7) is 1.74. The van der Waals surface area contributed by atoms with E-state index in [0.29, 0.717) is 22.6 Å². The van der Waals surface area contributed by atoms with Crippen molar-refractivity contribution in [1.82, 2.24) is 0 Å². The summed E-state index contributed by atoms with van der Waals surface area (Å²) in [5.41, 5.74) is 1.62. The monoisotopic (exact) mass is 289 g/mol. The van der Waals surface area contributed by atoms with Crippen molar-refractivity contribution >= 4 is 11.7 Å². The fourth-order valence-corrected chi connectivity index (χ4v) is 2.11. The number of carbonyl (C=O) groups is 1. The van der Waals surface area contributed by atoms with E-state index in [9.17, 15) is 14.3 Å². The predicted molar refractivity (Wildman–Crippen MR) is 78.1 cm³/mol. The van der Waals surface area contributed by atoms with Crippen LogP contribution in [0.2, 0.25) is 0 Å². The molecule has 0 aliphatic rings. The number of rotatable bonds is 5. The molecule has 0 aliphatic heterocycles. The van der Waals surface area contributed by atoms with Crippen LogP contribution in [0.5, 0.6) is 5.75 Å². The second kappa shape index (κ2) is 6.26. The third-order valence-corrected chi connectivity index (χ3v) is 3.21. The van der Waals surface area contributed by atoms with Gasteiger partial charge < -0.3 is 15.2 Å². The van der Waals surface area contributed by atoms with Gasteiger partial charge in [-0.3, -0.25) is 0 Å². The molecule has 0 saturated carbocycles. The zero-order chi connectivity index (χ0) is 15.4. The highest BCUT2D eigenvalue weighted by molar-refractivity contribution is 5.80. The smallest absolute Gasteiger partial charge is 0.330 e. The number of para-hydroxylation sites is 2. The molecule has 0 amide bonds. The van der Waals surface area contributed by atoms with Crippen LogP contribution >= 0.6 is 0 Å². The first-order valence-corrected chi connectivity index (χ1v) is 6.41. The van der Waals surface area contributed by atoms with E-state index in [2.05, 4.69) is 5.32 Å². The maximum atomic E-state index is 13.4. The Labute approximate surface area is 122 Å². The Morgan fingerprint density at radius 2 is 2.00 bits per heavy atom. The van der Waals surface area contributed by atoms with Gasteiger partial charge in [-0.1, -0.05) is 18.2 Å². The fourth-order valence-electron chi connectivity index (χ4n) is 2.11. The zero-order valence-corrected chi connectivity index (χ0v) is 11.8. The van der Waals surface area contributed by atoms with Crippen LogP contribution in [0.3, 0.4) is 0 Å².